The molecule has 0 fully saturated rings. The van der Waals surface area contributed by atoms with Gasteiger partial charge in [-0.05, 0) is 0 Å². The maximum Gasteiger partial charge on any atom is 0.305 e. The van der Waals surface area contributed by atoms with E-state index in [-0.39, 0.29) is 19.6 Å². The van der Waals surface area contributed by atoms with E-state index in [0.717, 1.165) is 0 Å². The molecule has 1 N–H and O–H groups in total. The predicted molar refractivity (Wildman–Crippen MR) is 127 cm³/mol. The molecule has 0 saturated carbocycles. The Morgan fingerprint density at radius 1 is 0.417 bits per heavy atom. The molecule has 0 aromatic heterocycles. The van der Waals surface area contributed by atoms with Crippen molar-refractivity contribution in [3.05, 3.63) is 0 Å². The number of carbonyl (C=O) groups is 2. The summed E-state index contributed by atoms with van der Waals surface area (Å²) >= 11 is 0. The van der Waals surface area contributed by atoms with Gasteiger partial charge in [0.15, 0.2) is 0 Å². The molecule has 13 nitrogen and oxygen atoms in total. The molecule has 0 aliphatic heterocycles. The number of rotatable bonds is 32. The van der Waals surface area contributed by atoms with Crippen LogP contribution in [0.4, 0.5) is 0 Å². The molecule has 0 aliphatic carbocycles. The van der Waals surface area contributed by atoms with E-state index < -0.39 is 5.97 Å². The molecule has 36 heavy (non-hydrogen) atoms. The lowest BCUT2D eigenvalue weighted by Gasteiger charge is -2.09. The van der Waals surface area contributed by atoms with Gasteiger partial charge >= 0.3 is 5.97 Å². The zero-order valence-corrected chi connectivity index (χ0v) is 21.3. The summed E-state index contributed by atoms with van der Waals surface area (Å²) in [7, 11) is 0. The van der Waals surface area contributed by atoms with E-state index in [0.29, 0.717) is 125 Å². The van der Waals surface area contributed by atoms with Crippen LogP contribution in [0, 0.1) is 0 Å². The fourth-order valence-corrected chi connectivity index (χ4v) is 2.27. The maximum atomic E-state index is 10.3. The SMILES string of the molecule is O=CCOCCOCCOCCOCCOCCOCCOCCOCCOCCOCCC(=O)O. The number of hydrogen-bond acceptors (Lipinski definition) is 12. The monoisotopic (exact) mass is 528 g/mol. The molecule has 13 heteroatoms. The number of carboxylic acids is 1. The van der Waals surface area contributed by atoms with Gasteiger partial charge < -0.3 is 57.3 Å². The molecule has 0 aromatic carbocycles. The molecule has 0 rings (SSSR count). The number of carboxylic acid groups (broad SMARTS) is 1. The summed E-state index contributed by atoms with van der Waals surface area (Å²) in [6, 6.07) is 0. The third kappa shape index (κ3) is 32.7. The third-order valence-corrected chi connectivity index (χ3v) is 3.99. The molecule has 0 aliphatic rings. The van der Waals surface area contributed by atoms with Gasteiger partial charge in [-0.3, -0.25) is 4.79 Å². The minimum Gasteiger partial charge on any atom is -0.481 e. The fraction of sp³-hybridized carbons (Fsp3) is 0.913. The highest BCUT2D eigenvalue weighted by atomic mass is 16.6. The lowest BCUT2D eigenvalue weighted by Crippen LogP contribution is -2.15. The van der Waals surface area contributed by atoms with Crippen LogP contribution in [0.1, 0.15) is 6.42 Å². The summed E-state index contributed by atoms with van der Waals surface area (Å²) in [5.41, 5.74) is 0. The highest BCUT2D eigenvalue weighted by molar-refractivity contribution is 5.66. The normalized spacial score (nSPS) is 11.2. The quantitative estimate of drug-likeness (QED) is 0.0911. The van der Waals surface area contributed by atoms with Crippen molar-refractivity contribution in [3.8, 4) is 0 Å². The number of aldehydes is 1. The van der Waals surface area contributed by atoms with Crippen LogP contribution >= 0.6 is 0 Å². The predicted octanol–water partition coefficient (Wildman–Crippen LogP) is -0.174. The highest BCUT2D eigenvalue weighted by Crippen LogP contribution is 1.87. The summed E-state index contributed by atoms with van der Waals surface area (Å²) in [6.07, 6.45) is 0.703. The Morgan fingerprint density at radius 3 is 0.861 bits per heavy atom. The van der Waals surface area contributed by atoms with Crippen molar-refractivity contribution in [3.63, 3.8) is 0 Å². The molecule has 214 valence electrons. The number of ether oxygens (including phenoxy) is 10. The average Bonchev–Trinajstić information content (AvgIpc) is 2.87. The van der Waals surface area contributed by atoms with Gasteiger partial charge in [0.1, 0.15) is 12.9 Å². The zero-order valence-electron chi connectivity index (χ0n) is 21.3. The smallest absolute Gasteiger partial charge is 0.305 e. The second-order valence-corrected chi connectivity index (χ2v) is 6.90. The van der Waals surface area contributed by atoms with Crippen molar-refractivity contribution in [2.45, 2.75) is 6.42 Å². The van der Waals surface area contributed by atoms with Crippen molar-refractivity contribution in [2.24, 2.45) is 0 Å². The molecule has 0 bridgehead atoms. The molecule has 0 aromatic rings. The largest absolute Gasteiger partial charge is 0.481 e. The van der Waals surface area contributed by atoms with Crippen molar-refractivity contribution >= 4 is 12.3 Å². The molecule has 0 amide bonds. The topological polar surface area (TPSA) is 147 Å². The van der Waals surface area contributed by atoms with Crippen LogP contribution in [0.5, 0.6) is 0 Å². The van der Waals surface area contributed by atoms with Crippen molar-refractivity contribution < 1.29 is 62.1 Å². The average molecular weight is 529 g/mol. The number of aliphatic carboxylic acids is 1. The van der Waals surface area contributed by atoms with E-state index >= 15 is 0 Å². The second-order valence-electron chi connectivity index (χ2n) is 6.90. The first-order chi connectivity index (χ1) is 17.8. The van der Waals surface area contributed by atoms with Crippen LogP contribution in [0.3, 0.4) is 0 Å². The van der Waals surface area contributed by atoms with E-state index in [4.69, 9.17) is 52.5 Å². The van der Waals surface area contributed by atoms with Crippen LogP contribution < -0.4 is 0 Å². The molecule has 0 atom stereocenters. The van der Waals surface area contributed by atoms with Gasteiger partial charge in [-0.2, -0.15) is 0 Å². The van der Waals surface area contributed by atoms with Gasteiger partial charge in [-0.15, -0.1) is 0 Å². The Morgan fingerprint density at radius 2 is 0.639 bits per heavy atom. The van der Waals surface area contributed by atoms with Gasteiger partial charge in [-0.1, -0.05) is 0 Å². The minimum absolute atomic E-state index is 0.00271. The highest BCUT2D eigenvalue weighted by Gasteiger charge is 1.97. The molecular weight excluding hydrogens is 484 g/mol. The Kier molecular flexibility index (Phi) is 30.7. The maximum absolute atomic E-state index is 10.3. The van der Waals surface area contributed by atoms with Crippen molar-refractivity contribution in [1.82, 2.24) is 0 Å². The first kappa shape index (κ1) is 34.7. The van der Waals surface area contributed by atoms with Gasteiger partial charge in [-0.25, -0.2) is 0 Å². The molecule has 0 heterocycles. The Bertz CT molecular complexity index is 454. The fourth-order valence-electron chi connectivity index (χ4n) is 2.27. The lowest BCUT2D eigenvalue weighted by molar-refractivity contribution is -0.138. The van der Waals surface area contributed by atoms with E-state index in [1.54, 1.807) is 0 Å². The second kappa shape index (κ2) is 31.8. The summed E-state index contributed by atoms with van der Waals surface area (Å²) in [5, 5.41) is 8.46. The summed E-state index contributed by atoms with van der Waals surface area (Å²) in [5.74, 6) is -0.876. The Labute approximate surface area is 213 Å². The Hall–Kier alpha value is -1.26. The van der Waals surface area contributed by atoms with E-state index in [1.807, 2.05) is 0 Å². The van der Waals surface area contributed by atoms with Gasteiger partial charge in [0.25, 0.3) is 0 Å². The van der Waals surface area contributed by atoms with E-state index in [1.165, 1.54) is 0 Å². The van der Waals surface area contributed by atoms with Crippen LogP contribution in [0.15, 0.2) is 0 Å². The standard InChI is InChI=1S/C23H44O13/c24-2-4-28-6-8-30-10-12-32-14-16-34-18-20-36-22-21-35-19-17-33-15-13-31-11-9-29-7-5-27-3-1-23(25)26/h2H,1,3-22H2,(H,25,26). The lowest BCUT2D eigenvalue weighted by atomic mass is 10.5. The van der Waals surface area contributed by atoms with Crippen LogP contribution in [-0.2, 0) is 57.0 Å². The molecular formula is C23H44O13. The van der Waals surface area contributed by atoms with E-state index in [2.05, 4.69) is 0 Å². The van der Waals surface area contributed by atoms with E-state index in [9.17, 15) is 9.59 Å². The van der Waals surface area contributed by atoms with Crippen molar-refractivity contribution in [1.29, 1.82) is 0 Å². The van der Waals surface area contributed by atoms with Crippen LogP contribution in [-0.4, -0.2) is 149 Å². The minimum atomic E-state index is -0.876. The van der Waals surface area contributed by atoms with Crippen LogP contribution in [0.25, 0.3) is 0 Å². The zero-order chi connectivity index (χ0) is 26.2. The van der Waals surface area contributed by atoms with Gasteiger partial charge in [0.2, 0.25) is 0 Å². The first-order valence-corrected chi connectivity index (χ1v) is 12.2. The van der Waals surface area contributed by atoms with Gasteiger partial charge in [0.05, 0.1) is 132 Å². The van der Waals surface area contributed by atoms with Crippen LogP contribution in [0.2, 0.25) is 0 Å². The first-order valence-electron chi connectivity index (χ1n) is 12.2. The van der Waals surface area contributed by atoms with Crippen molar-refractivity contribution in [2.75, 3.05) is 132 Å². The molecule has 0 radical (unpaired) electrons. The summed E-state index contributed by atoms with van der Waals surface area (Å²) < 4.78 is 53.0. The number of hydrogen-bond donors (Lipinski definition) is 1. The molecule has 0 spiro atoms. The van der Waals surface area contributed by atoms with Gasteiger partial charge in [0, 0.05) is 0 Å². The summed E-state index contributed by atoms with van der Waals surface area (Å²) in [4.78, 5) is 20.3. The number of carbonyl (C=O) groups excluding carboxylic acids is 1. The summed E-state index contributed by atoms with van der Waals surface area (Å²) in [6.45, 7) is 8.58. The molecule has 0 saturated heterocycles. The third-order valence-electron chi connectivity index (χ3n) is 3.99. The molecule has 0 unspecified atom stereocenters. The Balaban J connectivity index is 3.02.